The molecule has 0 spiro atoms. The van der Waals surface area contributed by atoms with Gasteiger partial charge in [0.2, 0.25) is 11.8 Å². The van der Waals surface area contributed by atoms with E-state index in [-0.39, 0.29) is 23.8 Å². The summed E-state index contributed by atoms with van der Waals surface area (Å²) in [5.74, 6) is 0.435. The highest BCUT2D eigenvalue weighted by molar-refractivity contribution is 5.97. The minimum atomic E-state index is -0.417. The minimum Gasteiger partial charge on any atom is -0.496 e. The van der Waals surface area contributed by atoms with E-state index >= 15 is 0 Å². The maximum atomic E-state index is 13.7. The molecule has 4 rings (SSSR count). The van der Waals surface area contributed by atoms with Crippen LogP contribution in [0.5, 0.6) is 5.75 Å². The summed E-state index contributed by atoms with van der Waals surface area (Å²) in [6.07, 6.45) is 5.27. The Hall–Kier alpha value is -2.86. The number of para-hydroxylation sites is 1. The van der Waals surface area contributed by atoms with E-state index in [0.717, 1.165) is 49.3 Å². The van der Waals surface area contributed by atoms with Gasteiger partial charge in [-0.25, -0.2) is 0 Å². The molecule has 2 saturated heterocycles. The molecule has 2 aliphatic rings. The normalized spacial score (nSPS) is 21.7. The summed E-state index contributed by atoms with van der Waals surface area (Å²) in [5.41, 5.74) is 2.82. The monoisotopic (exact) mass is 477 g/mol. The van der Waals surface area contributed by atoms with Crippen LogP contribution < -0.4 is 15.0 Å². The average molecular weight is 478 g/mol. The Morgan fingerprint density at radius 3 is 2.46 bits per heavy atom. The number of anilines is 1. The van der Waals surface area contributed by atoms with E-state index in [9.17, 15) is 9.59 Å². The molecule has 2 heterocycles. The molecule has 0 aromatic heterocycles. The number of nitrogens with zero attached hydrogens (tertiary/aromatic N) is 2. The summed E-state index contributed by atoms with van der Waals surface area (Å²) >= 11 is 0. The molecule has 2 aromatic rings. The largest absolute Gasteiger partial charge is 0.496 e. The van der Waals surface area contributed by atoms with Gasteiger partial charge in [-0.3, -0.25) is 9.59 Å². The number of aryl methyl sites for hydroxylation is 1. The van der Waals surface area contributed by atoms with Crippen molar-refractivity contribution < 1.29 is 14.3 Å². The smallest absolute Gasteiger partial charge is 0.227 e. The van der Waals surface area contributed by atoms with Gasteiger partial charge in [-0.05, 0) is 57.4 Å². The van der Waals surface area contributed by atoms with E-state index in [2.05, 4.69) is 17.1 Å². The summed E-state index contributed by atoms with van der Waals surface area (Å²) in [4.78, 5) is 31.3. The lowest BCUT2D eigenvalue weighted by molar-refractivity contribution is -0.130. The molecule has 1 N–H and O–H groups in total. The Kier molecular flexibility index (Phi) is 8.45. The number of likely N-dealkylation sites (tertiary alicyclic amines) is 1. The summed E-state index contributed by atoms with van der Waals surface area (Å²) in [6.45, 7) is 7.45. The highest BCUT2D eigenvalue weighted by Gasteiger charge is 2.43. The molecule has 35 heavy (non-hydrogen) atoms. The second-order valence-corrected chi connectivity index (χ2v) is 9.91. The van der Waals surface area contributed by atoms with Crippen LogP contribution in [0.1, 0.15) is 62.6 Å². The van der Waals surface area contributed by atoms with Crippen molar-refractivity contribution in [3.63, 3.8) is 0 Å². The van der Waals surface area contributed by atoms with Crippen LogP contribution in [0.4, 0.5) is 5.69 Å². The van der Waals surface area contributed by atoms with Gasteiger partial charge in [-0.1, -0.05) is 49.2 Å². The average Bonchev–Trinajstić information content (AvgIpc) is 2.88. The van der Waals surface area contributed by atoms with E-state index in [1.54, 1.807) is 7.11 Å². The number of rotatable bonds is 8. The van der Waals surface area contributed by atoms with Crippen molar-refractivity contribution in [3.05, 3.63) is 59.7 Å². The molecule has 0 saturated carbocycles. The van der Waals surface area contributed by atoms with Crippen LogP contribution in [0.25, 0.3) is 0 Å². The van der Waals surface area contributed by atoms with Crippen LogP contribution in [0, 0.1) is 12.8 Å². The first-order valence-electron chi connectivity index (χ1n) is 13.1. The topological polar surface area (TPSA) is 61.9 Å². The molecule has 2 atom stereocenters. The highest BCUT2D eigenvalue weighted by atomic mass is 16.5. The quantitative estimate of drug-likeness (QED) is 0.589. The van der Waals surface area contributed by atoms with Gasteiger partial charge in [-0.15, -0.1) is 0 Å². The van der Waals surface area contributed by atoms with Crippen molar-refractivity contribution >= 4 is 17.5 Å². The molecule has 2 amide bonds. The predicted molar refractivity (Wildman–Crippen MR) is 140 cm³/mol. The number of carbonyl (C=O) groups is 2. The molecule has 0 radical (unpaired) electrons. The first kappa shape index (κ1) is 25.2. The van der Waals surface area contributed by atoms with Gasteiger partial charge in [0.05, 0.1) is 19.1 Å². The second-order valence-electron chi connectivity index (χ2n) is 9.91. The van der Waals surface area contributed by atoms with E-state index in [1.807, 2.05) is 60.4 Å². The molecule has 2 aromatic carbocycles. The maximum absolute atomic E-state index is 13.7. The fourth-order valence-electron chi connectivity index (χ4n) is 5.43. The zero-order valence-corrected chi connectivity index (χ0v) is 21.3. The number of nitrogens with one attached hydrogen (secondary N) is 1. The SMILES string of the molecule is CCCCN1CCC(NC(=O)C2CCC(=O)N(c3ccc(C)cc3)C2c2ccccc2OC)CC1. The zero-order chi connectivity index (χ0) is 24.8. The van der Waals surface area contributed by atoms with Crippen molar-refractivity contribution in [1.82, 2.24) is 10.2 Å². The molecular formula is C29H39N3O3. The van der Waals surface area contributed by atoms with E-state index in [0.29, 0.717) is 18.6 Å². The van der Waals surface area contributed by atoms with Gasteiger partial charge in [0.1, 0.15) is 5.75 Å². The van der Waals surface area contributed by atoms with Gasteiger partial charge in [-0.2, -0.15) is 0 Å². The molecule has 2 unspecified atom stereocenters. The van der Waals surface area contributed by atoms with E-state index in [1.165, 1.54) is 12.8 Å². The van der Waals surface area contributed by atoms with Crippen molar-refractivity contribution in [2.75, 3.05) is 31.6 Å². The van der Waals surface area contributed by atoms with Crippen LogP contribution in [0.3, 0.4) is 0 Å². The summed E-state index contributed by atoms with van der Waals surface area (Å²) in [6, 6.07) is 15.5. The van der Waals surface area contributed by atoms with E-state index in [4.69, 9.17) is 4.74 Å². The van der Waals surface area contributed by atoms with Crippen molar-refractivity contribution in [2.45, 2.75) is 64.5 Å². The number of hydrogen-bond acceptors (Lipinski definition) is 4. The summed E-state index contributed by atoms with van der Waals surface area (Å²) < 4.78 is 5.68. The Morgan fingerprint density at radius 2 is 1.77 bits per heavy atom. The minimum absolute atomic E-state index is 0.0394. The third kappa shape index (κ3) is 5.87. The third-order valence-corrected chi connectivity index (χ3v) is 7.47. The van der Waals surface area contributed by atoms with E-state index < -0.39 is 6.04 Å². The number of piperidine rings is 2. The van der Waals surface area contributed by atoms with Gasteiger partial charge < -0.3 is 19.9 Å². The summed E-state index contributed by atoms with van der Waals surface area (Å²) in [5, 5.41) is 3.35. The predicted octanol–water partition coefficient (Wildman–Crippen LogP) is 4.87. The Morgan fingerprint density at radius 1 is 1.06 bits per heavy atom. The molecule has 2 fully saturated rings. The van der Waals surface area contributed by atoms with Crippen LogP contribution >= 0.6 is 0 Å². The van der Waals surface area contributed by atoms with Crippen LogP contribution in [0.2, 0.25) is 0 Å². The molecular weight excluding hydrogens is 438 g/mol. The lowest BCUT2D eigenvalue weighted by atomic mass is 9.82. The molecule has 0 aliphatic carbocycles. The third-order valence-electron chi connectivity index (χ3n) is 7.47. The first-order chi connectivity index (χ1) is 17.0. The number of benzene rings is 2. The Labute approximate surface area is 209 Å². The van der Waals surface area contributed by atoms with Crippen molar-refractivity contribution in [1.29, 1.82) is 0 Å². The molecule has 2 aliphatic heterocycles. The lowest BCUT2D eigenvalue weighted by Gasteiger charge is -2.42. The Bertz CT molecular complexity index is 998. The highest BCUT2D eigenvalue weighted by Crippen LogP contribution is 2.43. The van der Waals surface area contributed by atoms with Gasteiger partial charge in [0.15, 0.2) is 0 Å². The zero-order valence-electron chi connectivity index (χ0n) is 21.3. The number of hydrogen-bond donors (Lipinski definition) is 1. The second kappa shape index (κ2) is 11.7. The Balaban J connectivity index is 1.59. The first-order valence-corrected chi connectivity index (χ1v) is 13.1. The fourth-order valence-corrected chi connectivity index (χ4v) is 5.43. The van der Waals surface area contributed by atoms with Crippen LogP contribution in [0.15, 0.2) is 48.5 Å². The number of carbonyl (C=O) groups excluding carboxylic acids is 2. The molecule has 0 bridgehead atoms. The fraction of sp³-hybridized carbons (Fsp3) is 0.517. The molecule has 6 nitrogen and oxygen atoms in total. The number of methoxy groups -OCH3 is 1. The molecule has 188 valence electrons. The van der Waals surface area contributed by atoms with Crippen LogP contribution in [-0.4, -0.2) is 49.5 Å². The van der Waals surface area contributed by atoms with Crippen molar-refractivity contribution in [2.24, 2.45) is 5.92 Å². The molecule has 6 heteroatoms. The van der Waals surface area contributed by atoms with Gasteiger partial charge >= 0.3 is 0 Å². The lowest BCUT2D eigenvalue weighted by Crippen LogP contribution is -2.51. The number of unbranched alkanes of at least 4 members (excludes halogenated alkanes) is 1. The number of ether oxygens (including phenoxy) is 1. The summed E-state index contributed by atoms with van der Waals surface area (Å²) in [7, 11) is 1.64. The number of amides is 2. The standard InChI is InChI=1S/C29H39N3O3/c1-4-5-18-31-19-16-22(17-20-31)30-29(34)25-14-15-27(33)32(23-12-10-21(2)11-13-23)28(25)24-8-6-7-9-26(24)35-3/h6-13,22,25,28H,4-5,14-20H2,1-3H3,(H,30,34). The van der Waals surface area contributed by atoms with Gasteiger partial charge in [0, 0.05) is 36.8 Å². The maximum Gasteiger partial charge on any atom is 0.227 e. The van der Waals surface area contributed by atoms with Gasteiger partial charge in [0.25, 0.3) is 0 Å². The van der Waals surface area contributed by atoms with Crippen molar-refractivity contribution in [3.8, 4) is 5.75 Å². The van der Waals surface area contributed by atoms with Crippen LogP contribution in [-0.2, 0) is 9.59 Å².